The molecule has 0 saturated heterocycles. The van der Waals surface area contributed by atoms with Gasteiger partial charge in [0, 0.05) is 11.4 Å². The van der Waals surface area contributed by atoms with E-state index < -0.39 is 0 Å². The van der Waals surface area contributed by atoms with Crippen molar-refractivity contribution in [3.05, 3.63) is 59.2 Å². The molecular formula is C17H20N2O. The maximum absolute atomic E-state index is 11.9. The molecule has 0 bridgehead atoms. The van der Waals surface area contributed by atoms with E-state index in [9.17, 15) is 4.79 Å². The quantitative estimate of drug-likeness (QED) is 0.888. The largest absolute Gasteiger partial charge is 0.376 e. The molecule has 20 heavy (non-hydrogen) atoms. The predicted molar refractivity (Wildman–Crippen MR) is 84.2 cm³/mol. The zero-order chi connectivity index (χ0) is 14.5. The molecule has 0 aromatic heterocycles. The van der Waals surface area contributed by atoms with Crippen molar-refractivity contribution >= 4 is 17.3 Å². The average Bonchev–Trinajstić information content (AvgIpc) is 2.42. The number of nitrogens with one attached hydrogen (secondary N) is 2. The lowest BCUT2D eigenvalue weighted by Crippen LogP contribution is -2.22. The van der Waals surface area contributed by atoms with Gasteiger partial charge in [-0.3, -0.25) is 4.79 Å². The highest BCUT2D eigenvalue weighted by Crippen LogP contribution is 2.16. The summed E-state index contributed by atoms with van der Waals surface area (Å²) in [4.78, 5) is 11.9. The Bertz CT molecular complexity index is 603. The molecule has 1 amide bonds. The van der Waals surface area contributed by atoms with E-state index in [1.807, 2.05) is 45.0 Å². The molecule has 2 aromatic carbocycles. The van der Waals surface area contributed by atoms with Gasteiger partial charge in [-0.1, -0.05) is 29.8 Å². The van der Waals surface area contributed by atoms with E-state index in [-0.39, 0.29) is 12.5 Å². The van der Waals surface area contributed by atoms with Gasteiger partial charge < -0.3 is 10.6 Å². The van der Waals surface area contributed by atoms with Crippen molar-refractivity contribution in [1.29, 1.82) is 0 Å². The third-order valence-electron chi connectivity index (χ3n) is 3.17. The van der Waals surface area contributed by atoms with Crippen molar-refractivity contribution in [2.24, 2.45) is 0 Å². The fourth-order valence-corrected chi connectivity index (χ4v) is 1.94. The Labute approximate surface area is 120 Å². The standard InChI is InChI=1S/C17H20N2O/c1-12-5-8-15(9-6-12)19-17(20)11-18-16-10-13(2)4-7-14(16)3/h4-10,18H,11H2,1-3H3,(H,19,20). The first-order valence-electron chi connectivity index (χ1n) is 6.72. The van der Waals surface area contributed by atoms with E-state index in [0.717, 1.165) is 16.9 Å². The monoisotopic (exact) mass is 268 g/mol. The molecule has 0 fully saturated rings. The van der Waals surface area contributed by atoms with Crippen LogP contribution in [0, 0.1) is 20.8 Å². The first-order chi connectivity index (χ1) is 9.54. The summed E-state index contributed by atoms with van der Waals surface area (Å²) >= 11 is 0. The number of amides is 1. The highest BCUT2D eigenvalue weighted by molar-refractivity contribution is 5.93. The van der Waals surface area contributed by atoms with Crippen LogP contribution >= 0.6 is 0 Å². The highest BCUT2D eigenvalue weighted by Gasteiger charge is 2.04. The van der Waals surface area contributed by atoms with Crippen molar-refractivity contribution < 1.29 is 4.79 Å². The lowest BCUT2D eigenvalue weighted by molar-refractivity contribution is -0.114. The minimum atomic E-state index is -0.0465. The molecule has 0 spiro atoms. The minimum absolute atomic E-state index is 0.0465. The van der Waals surface area contributed by atoms with Crippen LogP contribution in [0.15, 0.2) is 42.5 Å². The molecule has 0 unspecified atom stereocenters. The Morgan fingerprint density at radius 3 is 2.30 bits per heavy atom. The lowest BCUT2D eigenvalue weighted by Gasteiger charge is -2.11. The summed E-state index contributed by atoms with van der Waals surface area (Å²) in [7, 11) is 0. The van der Waals surface area contributed by atoms with Gasteiger partial charge in [0.2, 0.25) is 5.91 Å². The molecule has 2 aromatic rings. The van der Waals surface area contributed by atoms with Crippen LogP contribution in [0.25, 0.3) is 0 Å². The molecule has 0 aliphatic rings. The van der Waals surface area contributed by atoms with Crippen molar-refractivity contribution in [2.45, 2.75) is 20.8 Å². The van der Waals surface area contributed by atoms with Gasteiger partial charge in [-0.25, -0.2) is 0 Å². The third kappa shape index (κ3) is 3.85. The number of hydrogen-bond acceptors (Lipinski definition) is 2. The zero-order valence-electron chi connectivity index (χ0n) is 12.2. The van der Waals surface area contributed by atoms with Crippen LogP contribution in [0.1, 0.15) is 16.7 Å². The van der Waals surface area contributed by atoms with Gasteiger partial charge in [0.05, 0.1) is 6.54 Å². The zero-order valence-corrected chi connectivity index (χ0v) is 12.2. The molecule has 0 saturated carbocycles. The number of carbonyl (C=O) groups is 1. The van der Waals surface area contributed by atoms with E-state index in [2.05, 4.69) is 28.8 Å². The van der Waals surface area contributed by atoms with Crippen molar-refractivity contribution in [2.75, 3.05) is 17.2 Å². The molecule has 3 nitrogen and oxygen atoms in total. The molecule has 2 rings (SSSR count). The fourth-order valence-electron chi connectivity index (χ4n) is 1.94. The van der Waals surface area contributed by atoms with Gasteiger partial charge in [0.15, 0.2) is 0 Å². The molecule has 2 N–H and O–H groups in total. The van der Waals surface area contributed by atoms with Crippen molar-refractivity contribution in [1.82, 2.24) is 0 Å². The summed E-state index contributed by atoms with van der Waals surface area (Å²) in [5.41, 5.74) is 5.32. The Hall–Kier alpha value is -2.29. The molecule has 3 heteroatoms. The second kappa shape index (κ2) is 6.24. The molecule has 0 atom stereocenters. The summed E-state index contributed by atoms with van der Waals surface area (Å²) in [5.74, 6) is -0.0465. The number of rotatable bonds is 4. The van der Waals surface area contributed by atoms with E-state index in [4.69, 9.17) is 0 Å². The normalized spacial score (nSPS) is 10.2. The van der Waals surface area contributed by atoms with Crippen LogP contribution < -0.4 is 10.6 Å². The predicted octanol–water partition coefficient (Wildman–Crippen LogP) is 3.66. The van der Waals surface area contributed by atoms with Crippen LogP contribution in [-0.4, -0.2) is 12.5 Å². The lowest BCUT2D eigenvalue weighted by atomic mass is 10.1. The number of carbonyl (C=O) groups excluding carboxylic acids is 1. The molecule has 104 valence electrons. The van der Waals surface area contributed by atoms with Gasteiger partial charge in [0.25, 0.3) is 0 Å². The van der Waals surface area contributed by atoms with Gasteiger partial charge in [0.1, 0.15) is 0 Å². The van der Waals surface area contributed by atoms with Crippen LogP contribution in [0.5, 0.6) is 0 Å². The van der Waals surface area contributed by atoms with Gasteiger partial charge in [-0.15, -0.1) is 0 Å². The Kier molecular flexibility index (Phi) is 4.41. The minimum Gasteiger partial charge on any atom is -0.376 e. The molecular weight excluding hydrogens is 248 g/mol. The smallest absolute Gasteiger partial charge is 0.243 e. The van der Waals surface area contributed by atoms with E-state index >= 15 is 0 Å². The second-order valence-corrected chi connectivity index (χ2v) is 5.09. The van der Waals surface area contributed by atoms with Crippen LogP contribution in [0.4, 0.5) is 11.4 Å². The van der Waals surface area contributed by atoms with E-state index in [1.54, 1.807) is 0 Å². The van der Waals surface area contributed by atoms with E-state index in [0.29, 0.717) is 0 Å². The molecule has 0 heterocycles. The van der Waals surface area contributed by atoms with Crippen LogP contribution in [0.3, 0.4) is 0 Å². The van der Waals surface area contributed by atoms with E-state index in [1.165, 1.54) is 11.1 Å². The van der Waals surface area contributed by atoms with Gasteiger partial charge >= 0.3 is 0 Å². The summed E-state index contributed by atoms with van der Waals surface area (Å²) in [5, 5.41) is 6.05. The maximum Gasteiger partial charge on any atom is 0.243 e. The molecule has 0 aliphatic heterocycles. The Balaban J connectivity index is 1.92. The first-order valence-corrected chi connectivity index (χ1v) is 6.72. The van der Waals surface area contributed by atoms with Crippen LogP contribution in [0.2, 0.25) is 0 Å². The number of hydrogen-bond donors (Lipinski definition) is 2. The highest BCUT2D eigenvalue weighted by atomic mass is 16.1. The summed E-state index contributed by atoms with van der Waals surface area (Å²) in [6, 6.07) is 13.9. The maximum atomic E-state index is 11.9. The topological polar surface area (TPSA) is 41.1 Å². The van der Waals surface area contributed by atoms with Crippen molar-refractivity contribution in [3.8, 4) is 0 Å². The molecule has 0 radical (unpaired) electrons. The summed E-state index contributed by atoms with van der Waals surface area (Å²) in [6.07, 6.45) is 0. The number of anilines is 2. The second-order valence-electron chi connectivity index (χ2n) is 5.09. The third-order valence-corrected chi connectivity index (χ3v) is 3.17. The average molecular weight is 268 g/mol. The van der Waals surface area contributed by atoms with Gasteiger partial charge in [-0.05, 0) is 50.1 Å². The van der Waals surface area contributed by atoms with Crippen molar-refractivity contribution in [3.63, 3.8) is 0 Å². The Morgan fingerprint density at radius 2 is 1.60 bits per heavy atom. The number of aryl methyl sites for hydroxylation is 3. The summed E-state index contributed by atoms with van der Waals surface area (Å²) in [6.45, 7) is 6.35. The molecule has 0 aliphatic carbocycles. The first kappa shape index (κ1) is 14.1. The van der Waals surface area contributed by atoms with Crippen LogP contribution in [-0.2, 0) is 4.79 Å². The number of benzene rings is 2. The Morgan fingerprint density at radius 1 is 0.950 bits per heavy atom. The fraction of sp³-hybridized carbons (Fsp3) is 0.235. The summed E-state index contributed by atoms with van der Waals surface area (Å²) < 4.78 is 0. The SMILES string of the molecule is Cc1ccc(NC(=O)CNc2cc(C)ccc2C)cc1. The van der Waals surface area contributed by atoms with Gasteiger partial charge in [-0.2, -0.15) is 0 Å².